The molecule has 0 atom stereocenters. The third-order valence-corrected chi connectivity index (χ3v) is 3.96. The van der Waals surface area contributed by atoms with Crippen molar-refractivity contribution < 1.29 is 9.53 Å². The van der Waals surface area contributed by atoms with Crippen molar-refractivity contribution in [3.63, 3.8) is 0 Å². The van der Waals surface area contributed by atoms with Gasteiger partial charge >= 0.3 is 0 Å². The van der Waals surface area contributed by atoms with Crippen LogP contribution in [0, 0.1) is 0 Å². The van der Waals surface area contributed by atoms with Gasteiger partial charge in [-0.3, -0.25) is 4.79 Å². The van der Waals surface area contributed by atoms with E-state index in [9.17, 15) is 4.79 Å². The number of nitrogens with one attached hydrogen (secondary N) is 1. The van der Waals surface area contributed by atoms with E-state index in [0.29, 0.717) is 13.1 Å². The maximum Gasteiger partial charge on any atom is 0.250 e. The predicted octanol–water partition coefficient (Wildman–Crippen LogP) is 2.28. The highest BCUT2D eigenvalue weighted by molar-refractivity contribution is 7.22. The van der Waals surface area contributed by atoms with Crippen LogP contribution in [0.25, 0.3) is 10.2 Å². The molecule has 20 heavy (non-hydrogen) atoms. The Bertz CT molecular complexity index is 695. The average Bonchev–Trinajstić information content (AvgIpc) is 2.98. The summed E-state index contributed by atoms with van der Waals surface area (Å²) in [6.45, 7) is 2.19. The fourth-order valence-electron chi connectivity index (χ4n) is 1.98. The van der Waals surface area contributed by atoms with Crippen LogP contribution in [0.1, 0.15) is 13.3 Å². The van der Waals surface area contributed by atoms with E-state index in [2.05, 4.69) is 15.4 Å². The summed E-state index contributed by atoms with van der Waals surface area (Å²) >= 11 is 1.54. The minimum Gasteiger partial charge on any atom is -0.497 e. The van der Waals surface area contributed by atoms with Crippen molar-refractivity contribution in [2.24, 2.45) is 5.10 Å². The van der Waals surface area contributed by atoms with Crippen LogP contribution < -0.4 is 10.1 Å². The van der Waals surface area contributed by atoms with Gasteiger partial charge in [0, 0.05) is 11.8 Å². The maximum atomic E-state index is 11.6. The summed E-state index contributed by atoms with van der Waals surface area (Å²) in [5, 5.41) is 9.49. The number of carbonyl (C=O) groups excluding carboxylic acids is 1. The molecule has 1 aromatic carbocycles. The van der Waals surface area contributed by atoms with Crippen molar-refractivity contribution in [1.82, 2.24) is 9.99 Å². The van der Waals surface area contributed by atoms with Gasteiger partial charge in [-0.05, 0) is 19.1 Å². The molecule has 0 spiro atoms. The molecule has 0 bridgehead atoms. The van der Waals surface area contributed by atoms with Gasteiger partial charge in [0.2, 0.25) is 5.91 Å². The van der Waals surface area contributed by atoms with Gasteiger partial charge in [-0.1, -0.05) is 11.3 Å². The molecule has 1 amide bonds. The van der Waals surface area contributed by atoms with Gasteiger partial charge in [-0.2, -0.15) is 5.10 Å². The van der Waals surface area contributed by atoms with Gasteiger partial charge in [0.1, 0.15) is 12.4 Å². The van der Waals surface area contributed by atoms with Crippen molar-refractivity contribution in [1.29, 1.82) is 0 Å². The number of hydrogen-bond donors (Lipinski definition) is 1. The van der Waals surface area contributed by atoms with Crippen LogP contribution in [-0.4, -0.2) is 35.4 Å². The second kappa shape index (κ2) is 5.09. The molecule has 104 valence electrons. The van der Waals surface area contributed by atoms with E-state index in [1.807, 2.05) is 25.1 Å². The van der Waals surface area contributed by atoms with E-state index in [4.69, 9.17) is 4.74 Å². The van der Waals surface area contributed by atoms with Gasteiger partial charge in [0.05, 0.1) is 23.7 Å². The maximum absolute atomic E-state index is 11.6. The Balaban J connectivity index is 1.73. The number of fused-ring (bicyclic) bond motifs is 1. The Kier molecular flexibility index (Phi) is 3.27. The SMILES string of the molecule is COc1ccc2sc(NCN3N=C(C)CC3=O)nc2c1. The van der Waals surface area contributed by atoms with Crippen LogP contribution >= 0.6 is 11.3 Å². The van der Waals surface area contributed by atoms with Crippen molar-refractivity contribution >= 4 is 38.3 Å². The van der Waals surface area contributed by atoms with Gasteiger partial charge in [-0.25, -0.2) is 9.99 Å². The Morgan fingerprint density at radius 1 is 1.50 bits per heavy atom. The lowest BCUT2D eigenvalue weighted by atomic mass is 10.3. The Morgan fingerprint density at radius 3 is 3.05 bits per heavy atom. The molecular formula is C13H14N4O2S. The number of rotatable bonds is 4. The van der Waals surface area contributed by atoms with Gasteiger partial charge in [-0.15, -0.1) is 0 Å². The average molecular weight is 290 g/mol. The van der Waals surface area contributed by atoms with Crippen LogP contribution in [-0.2, 0) is 4.79 Å². The fraction of sp³-hybridized carbons (Fsp3) is 0.308. The van der Waals surface area contributed by atoms with E-state index >= 15 is 0 Å². The minimum absolute atomic E-state index is 0.0118. The smallest absolute Gasteiger partial charge is 0.250 e. The van der Waals surface area contributed by atoms with E-state index in [-0.39, 0.29) is 5.91 Å². The number of anilines is 1. The highest BCUT2D eigenvalue weighted by Gasteiger charge is 2.20. The lowest BCUT2D eigenvalue weighted by Crippen LogP contribution is -2.26. The molecule has 1 aromatic heterocycles. The highest BCUT2D eigenvalue weighted by Crippen LogP contribution is 2.28. The Labute approximate surface area is 120 Å². The Hall–Kier alpha value is -2.15. The molecule has 0 unspecified atom stereocenters. The number of hydrazone groups is 1. The van der Waals surface area contributed by atoms with E-state index in [1.165, 1.54) is 16.3 Å². The molecule has 2 aromatic rings. The zero-order valence-corrected chi connectivity index (χ0v) is 12.0. The summed E-state index contributed by atoms with van der Waals surface area (Å²) in [6, 6.07) is 5.77. The standard InChI is InChI=1S/C13H14N4O2S/c1-8-5-12(18)17(16-8)7-14-13-15-10-6-9(19-2)3-4-11(10)20-13/h3-4,6H,5,7H2,1-2H3,(H,14,15). The first kappa shape index (κ1) is 12.9. The van der Waals surface area contributed by atoms with Crippen molar-refractivity contribution in [3.8, 4) is 5.75 Å². The minimum atomic E-state index is 0.0118. The third-order valence-electron chi connectivity index (χ3n) is 2.96. The molecule has 1 aliphatic heterocycles. The van der Waals surface area contributed by atoms with Gasteiger partial charge in [0.15, 0.2) is 5.13 Å². The van der Waals surface area contributed by atoms with Crippen LogP contribution in [0.5, 0.6) is 5.75 Å². The van der Waals surface area contributed by atoms with E-state index in [1.54, 1.807) is 7.11 Å². The number of hydrogen-bond acceptors (Lipinski definition) is 6. The first-order chi connectivity index (χ1) is 9.65. The first-order valence-electron chi connectivity index (χ1n) is 6.18. The predicted molar refractivity (Wildman–Crippen MR) is 79.2 cm³/mol. The summed E-state index contributed by atoms with van der Waals surface area (Å²) in [5.41, 5.74) is 1.72. The molecule has 0 fully saturated rings. The molecule has 0 radical (unpaired) electrons. The molecule has 0 saturated carbocycles. The van der Waals surface area contributed by atoms with Crippen LogP contribution in [0.2, 0.25) is 0 Å². The zero-order chi connectivity index (χ0) is 14.1. The number of ether oxygens (including phenoxy) is 1. The lowest BCUT2D eigenvalue weighted by molar-refractivity contribution is -0.128. The normalized spacial score (nSPS) is 14.8. The molecule has 1 N–H and O–H groups in total. The number of methoxy groups -OCH3 is 1. The van der Waals surface area contributed by atoms with Gasteiger partial charge < -0.3 is 10.1 Å². The van der Waals surface area contributed by atoms with Crippen LogP contribution in [0.15, 0.2) is 23.3 Å². The summed E-state index contributed by atoms with van der Waals surface area (Å²) in [5.74, 6) is 0.794. The number of nitrogens with zero attached hydrogens (tertiary/aromatic N) is 3. The third kappa shape index (κ3) is 2.44. The summed E-state index contributed by atoms with van der Waals surface area (Å²) in [4.78, 5) is 16.1. The first-order valence-corrected chi connectivity index (χ1v) is 7.00. The van der Waals surface area contributed by atoms with Crippen molar-refractivity contribution in [3.05, 3.63) is 18.2 Å². The fourth-order valence-corrected chi connectivity index (χ4v) is 2.82. The molecule has 3 rings (SSSR count). The molecule has 0 saturated heterocycles. The largest absolute Gasteiger partial charge is 0.497 e. The highest BCUT2D eigenvalue weighted by atomic mass is 32.1. The number of benzene rings is 1. The number of carbonyl (C=O) groups is 1. The Morgan fingerprint density at radius 2 is 2.35 bits per heavy atom. The molecule has 7 heteroatoms. The molecule has 0 aliphatic carbocycles. The number of amides is 1. The zero-order valence-electron chi connectivity index (χ0n) is 11.2. The monoisotopic (exact) mass is 290 g/mol. The topological polar surface area (TPSA) is 66.8 Å². The molecule has 1 aliphatic rings. The molecular weight excluding hydrogens is 276 g/mol. The molecule has 6 nitrogen and oxygen atoms in total. The summed E-state index contributed by atoms with van der Waals surface area (Å²) in [6.07, 6.45) is 0.402. The number of aromatic nitrogens is 1. The van der Waals surface area contributed by atoms with Crippen LogP contribution in [0.4, 0.5) is 5.13 Å². The summed E-state index contributed by atoms with van der Waals surface area (Å²) < 4.78 is 6.24. The van der Waals surface area contributed by atoms with Gasteiger partial charge in [0.25, 0.3) is 0 Å². The van der Waals surface area contributed by atoms with E-state index < -0.39 is 0 Å². The quantitative estimate of drug-likeness (QED) is 0.938. The lowest BCUT2D eigenvalue weighted by Gasteiger charge is -2.11. The van der Waals surface area contributed by atoms with Crippen molar-refractivity contribution in [2.45, 2.75) is 13.3 Å². The van der Waals surface area contributed by atoms with Crippen LogP contribution in [0.3, 0.4) is 0 Å². The van der Waals surface area contributed by atoms with E-state index in [0.717, 1.165) is 26.8 Å². The molecule has 2 heterocycles. The van der Waals surface area contributed by atoms with Crippen molar-refractivity contribution in [2.75, 3.05) is 19.1 Å². The second-order valence-corrected chi connectivity index (χ2v) is 5.52. The summed E-state index contributed by atoms with van der Waals surface area (Å²) in [7, 11) is 1.63. The second-order valence-electron chi connectivity index (χ2n) is 4.49. The number of thiazole rings is 1.